The van der Waals surface area contributed by atoms with E-state index in [4.69, 9.17) is 4.74 Å². The molecule has 0 saturated carbocycles. The van der Waals surface area contributed by atoms with Gasteiger partial charge in [-0.05, 0) is 48.1 Å². The minimum atomic E-state index is -3.58. The van der Waals surface area contributed by atoms with E-state index in [0.29, 0.717) is 30.0 Å². The quantitative estimate of drug-likeness (QED) is 0.724. The molecule has 1 fully saturated rings. The van der Waals surface area contributed by atoms with Gasteiger partial charge in [-0.15, -0.1) is 0 Å². The zero-order chi connectivity index (χ0) is 20.6. The van der Waals surface area contributed by atoms with Gasteiger partial charge in [0.2, 0.25) is 10.0 Å². The molecule has 0 bridgehead atoms. The van der Waals surface area contributed by atoms with Crippen molar-refractivity contribution >= 4 is 21.6 Å². The first-order valence-electron chi connectivity index (χ1n) is 9.54. The second-order valence-corrected chi connectivity index (χ2v) is 9.42. The monoisotopic (exact) mass is 409 g/mol. The average molecular weight is 410 g/mol. The van der Waals surface area contributed by atoms with E-state index in [1.807, 2.05) is 43.3 Å². The van der Waals surface area contributed by atoms with Crippen LogP contribution in [0.4, 0.5) is 0 Å². The topological polar surface area (TPSA) is 63.7 Å². The molecule has 1 heterocycles. The predicted octanol–water partition coefficient (Wildman–Crippen LogP) is 3.57. The van der Waals surface area contributed by atoms with Gasteiger partial charge in [0.25, 0.3) is 0 Å². The number of nitrogens with zero attached hydrogens (tertiary/aromatic N) is 1. The smallest absolute Gasteiger partial charge is 0.334 e. The van der Waals surface area contributed by atoms with Crippen LogP contribution in [0, 0.1) is 12.8 Å². The van der Waals surface area contributed by atoms with Gasteiger partial charge in [0, 0.05) is 18.7 Å². The molecule has 150 valence electrons. The van der Waals surface area contributed by atoms with E-state index in [0.717, 1.165) is 22.3 Å². The fourth-order valence-electron chi connectivity index (χ4n) is 3.98. The van der Waals surface area contributed by atoms with E-state index < -0.39 is 10.0 Å². The summed E-state index contributed by atoms with van der Waals surface area (Å²) >= 11 is 0. The summed E-state index contributed by atoms with van der Waals surface area (Å²) < 4.78 is 32.7. The summed E-state index contributed by atoms with van der Waals surface area (Å²) in [7, 11) is -2.21. The van der Waals surface area contributed by atoms with E-state index in [1.165, 1.54) is 11.4 Å². The number of methoxy groups -OCH3 is 1. The lowest BCUT2D eigenvalue weighted by Gasteiger charge is -2.22. The van der Waals surface area contributed by atoms with Gasteiger partial charge in [0.1, 0.15) is 0 Å². The minimum Gasteiger partial charge on any atom is -0.466 e. The Morgan fingerprint density at radius 1 is 1.07 bits per heavy atom. The number of aryl methyl sites for hydroxylation is 1. The van der Waals surface area contributed by atoms with Crippen LogP contribution in [0.15, 0.2) is 76.7 Å². The largest absolute Gasteiger partial charge is 0.466 e. The number of benzene rings is 2. The second-order valence-electron chi connectivity index (χ2n) is 7.48. The molecule has 4 rings (SSSR count). The standard InChI is InChI=1S/C23H23NO4S/c1-16-8-10-20(11-9-16)29(26,27)24-14-18-12-21(17-6-4-3-5-7-17)22(23(25)28-2)13-19(18)15-24/h3-12,19H,13-15H2,1-2H3. The number of rotatable bonds is 4. The van der Waals surface area contributed by atoms with Crippen molar-refractivity contribution in [2.24, 2.45) is 5.92 Å². The molecule has 2 aromatic carbocycles. The molecule has 0 aromatic heterocycles. The lowest BCUT2D eigenvalue weighted by molar-refractivity contribution is -0.136. The Hall–Kier alpha value is -2.70. The SMILES string of the molecule is COC(=O)C1=C(c2ccccc2)C=C2CN(S(=O)(=O)c3ccc(C)cc3)CC2C1. The maximum absolute atomic E-state index is 13.1. The summed E-state index contributed by atoms with van der Waals surface area (Å²) in [5.74, 6) is -0.379. The molecule has 1 saturated heterocycles. The highest BCUT2D eigenvalue weighted by atomic mass is 32.2. The first kappa shape index (κ1) is 19.6. The van der Waals surface area contributed by atoms with E-state index in [1.54, 1.807) is 24.3 Å². The van der Waals surface area contributed by atoms with Gasteiger partial charge in [-0.2, -0.15) is 4.31 Å². The highest BCUT2D eigenvalue weighted by Crippen LogP contribution is 2.40. The Kier molecular flexibility index (Phi) is 5.15. The molecular formula is C23H23NO4S. The van der Waals surface area contributed by atoms with Crippen LogP contribution in [0.1, 0.15) is 17.5 Å². The molecule has 1 aliphatic heterocycles. The second kappa shape index (κ2) is 7.61. The van der Waals surface area contributed by atoms with Crippen molar-refractivity contribution in [2.75, 3.05) is 20.2 Å². The van der Waals surface area contributed by atoms with Crippen molar-refractivity contribution in [1.82, 2.24) is 4.31 Å². The molecule has 2 aliphatic rings. The van der Waals surface area contributed by atoms with Crippen molar-refractivity contribution in [2.45, 2.75) is 18.2 Å². The third kappa shape index (κ3) is 3.66. The Morgan fingerprint density at radius 2 is 1.76 bits per heavy atom. The van der Waals surface area contributed by atoms with Crippen LogP contribution in [-0.2, 0) is 19.6 Å². The Labute approximate surface area is 171 Å². The summed E-state index contributed by atoms with van der Waals surface area (Å²) in [6.45, 7) is 2.63. The summed E-state index contributed by atoms with van der Waals surface area (Å²) in [6.07, 6.45) is 2.45. The highest BCUT2D eigenvalue weighted by Gasteiger charge is 2.39. The normalized spacial score (nSPS) is 19.7. The van der Waals surface area contributed by atoms with Gasteiger partial charge in [-0.1, -0.05) is 54.1 Å². The zero-order valence-electron chi connectivity index (χ0n) is 16.5. The highest BCUT2D eigenvalue weighted by molar-refractivity contribution is 7.89. The number of ether oxygens (including phenoxy) is 1. The van der Waals surface area contributed by atoms with E-state index in [2.05, 4.69) is 0 Å². The van der Waals surface area contributed by atoms with Crippen LogP contribution in [0.3, 0.4) is 0 Å². The van der Waals surface area contributed by atoms with Gasteiger partial charge in [0.15, 0.2) is 0 Å². The first-order valence-corrected chi connectivity index (χ1v) is 11.0. The van der Waals surface area contributed by atoms with E-state index >= 15 is 0 Å². The van der Waals surface area contributed by atoms with Crippen LogP contribution >= 0.6 is 0 Å². The van der Waals surface area contributed by atoms with Crippen molar-refractivity contribution in [3.05, 3.63) is 82.9 Å². The first-order chi connectivity index (χ1) is 13.9. The van der Waals surface area contributed by atoms with Crippen LogP contribution in [-0.4, -0.2) is 38.9 Å². The van der Waals surface area contributed by atoms with Gasteiger partial charge in [-0.3, -0.25) is 0 Å². The van der Waals surface area contributed by atoms with Crippen molar-refractivity contribution < 1.29 is 17.9 Å². The molecule has 1 aliphatic carbocycles. The molecule has 29 heavy (non-hydrogen) atoms. The average Bonchev–Trinajstić information content (AvgIpc) is 3.17. The van der Waals surface area contributed by atoms with Crippen LogP contribution in [0.2, 0.25) is 0 Å². The fraction of sp³-hybridized carbons (Fsp3) is 0.261. The van der Waals surface area contributed by atoms with Gasteiger partial charge in [-0.25, -0.2) is 13.2 Å². The number of allylic oxidation sites excluding steroid dienone is 2. The molecule has 1 unspecified atom stereocenters. The van der Waals surface area contributed by atoms with Crippen molar-refractivity contribution in [3.8, 4) is 0 Å². The third-order valence-electron chi connectivity index (χ3n) is 5.59. The number of hydrogen-bond acceptors (Lipinski definition) is 4. The number of hydrogen-bond donors (Lipinski definition) is 0. The zero-order valence-corrected chi connectivity index (χ0v) is 17.3. The molecule has 1 atom stereocenters. The number of carbonyl (C=O) groups is 1. The van der Waals surface area contributed by atoms with Gasteiger partial charge < -0.3 is 4.74 Å². The molecule has 0 spiro atoms. The maximum Gasteiger partial charge on any atom is 0.334 e. The Bertz CT molecular complexity index is 1100. The van der Waals surface area contributed by atoms with Crippen molar-refractivity contribution in [1.29, 1.82) is 0 Å². The Morgan fingerprint density at radius 3 is 2.41 bits per heavy atom. The van der Waals surface area contributed by atoms with Gasteiger partial charge >= 0.3 is 5.97 Å². The minimum absolute atomic E-state index is 0.0169. The van der Waals surface area contributed by atoms with E-state index in [9.17, 15) is 13.2 Å². The summed E-state index contributed by atoms with van der Waals surface area (Å²) in [5.41, 5.74) is 4.40. The molecule has 6 heteroatoms. The summed E-state index contributed by atoms with van der Waals surface area (Å²) in [5, 5.41) is 0. The number of sulfonamides is 1. The fourth-order valence-corrected chi connectivity index (χ4v) is 5.46. The number of esters is 1. The maximum atomic E-state index is 13.1. The van der Waals surface area contributed by atoms with Crippen LogP contribution < -0.4 is 0 Å². The summed E-state index contributed by atoms with van der Waals surface area (Å²) in [6, 6.07) is 16.6. The Balaban J connectivity index is 1.67. The molecule has 5 nitrogen and oxygen atoms in total. The van der Waals surface area contributed by atoms with E-state index in [-0.39, 0.29) is 11.9 Å². The molecule has 0 amide bonds. The molecule has 0 radical (unpaired) electrons. The number of carbonyl (C=O) groups excluding carboxylic acids is 1. The predicted molar refractivity (Wildman–Crippen MR) is 112 cm³/mol. The number of fused-ring (bicyclic) bond motifs is 1. The van der Waals surface area contributed by atoms with Crippen molar-refractivity contribution in [3.63, 3.8) is 0 Å². The van der Waals surface area contributed by atoms with Crippen LogP contribution in [0.25, 0.3) is 5.57 Å². The van der Waals surface area contributed by atoms with Gasteiger partial charge in [0.05, 0.1) is 12.0 Å². The summed E-state index contributed by atoms with van der Waals surface area (Å²) in [4.78, 5) is 12.7. The third-order valence-corrected chi connectivity index (χ3v) is 7.41. The molecular weight excluding hydrogens is 386 g/mol. The molecule has 2 aromatic rings. The lowest BCUT2D eigenvalue weighted by Crippen LogP contribution is -2.29. The molecule has 0 N–H and O–H groups in total. The van der Waals surface area contributed by atoms with Crippen LogP contribution in [0.5, 0.6) is 0 Å². The lowest BCUT2D eigenvalue weighted by atomic mass is 9.83.